The molecule has 0 aliphatic heterocycles. The summed E-state index contributed by atoms with van der Waals surface area (Å²) >= 11 is 5.96. The van der Waals surface area contributed by atoms with Crippen molar-refractivity contribution in [2.45, 2.75) is 44.8 Å². The highest BCUT2D eigenvalue weighted by Crippen LogP contribution is 2.36. The summed E-state index contributed by atoms with van der Waals surface area (Å²) in [4.78, 5) is 11.8. The number of alkyl carbamates (subject to hydrolysis) is 1. The highest BCUT2D eigenvalue weighted by molar-refractivity contribution is 6.31. The number of nitriles is 1. The molecular formula is C16H19ClN2O3. The average Bonchev–Trinajstić information content (AvgIpc) is 3.14. The van der Waals surface area contributed by atoms with Crippen molar-refractivity contribution < 1.29 is 14.3 Å². The number of amides is 1. The van der Waals surface area contributed by atoms with E-state index in [1.165, 1.54) is 0 Å². The first-order chi connectivity index (χ1) is 10.2. The molecule has 5 nitrogen and oxygen atoms in total. The third-order valence-electron chi connectivity index (χ3n) is 3.20. The summed E-state index contributed by atoms with van der Waals surface area (Å²) < 4.78 is 10.9. The molecule has 0 heterocycles. The maximum atomic E-state index is 11.8. The second kappa shape index (κ2) is 6.05. The number of carbonyl (C=O) groups excluding carboxylic acids is 1. The van der Waals surface area contributed by atoms with E-state index >= 15 is 0 Å². The summed E-state index contributed by atoms with van der Waals surface area (Å²) in [5, 5.41) is 12.0. The average molecular weight is 323 g/mol. The van der Waals surface area contributed by atoms with Crippen LogP contribution in [0.2, 0.25) is 5.02 Å². The smallest absolute Gasteiger partial charge is 0.408 e. The van der Waals surface area contributed by atoms with Crippen molar-refractivity contribution in [1.82, 2.24) is 5.32 Å². The zero-order valence-corrected chi connectivity index (χ0v) is 13.7. The van der Waals surface area contributed by atoms with Gasteiger partial charge in [-0.25, -0.2) is 4.79 Å². The Bertz CT molecular complexity index is 613. The lowest BCUT2D eigenvalue weighted by Crippen LogP contribution is -2.44. The number of hydrogen-bond acceptors (Lipinski definition) is 4. The van der Waals surface area contributed by atoms with Crippen LogP contribution in [0.1, 0.15) is 39.2 Å². The molecule has 1 N–H and O–H groups in total. The highest BCUT2D eigenvalue weighted by atomic mass is 35.5. The van der Waals surface area contributed by atoms with E-state index in [4.69, 9.17) is 26.3 Å². The quantitative estimate of drug-likeness (QED) is 0.918. The van der Waals surface area contributed by atoms with Crippen LogP contribution in [-0.4, -0.2) is 23.8 Å². The van der Waals surface area contributed by atoms with E-state index in [0.29, 0.717) is 22.9 Å². The molecule has 0 bridgehead atoms. The summed E-state index contributed by atoms with van der Waals surface area (Å²) in [5.41, 5.74) is -0.494. The molecule has 0 spiro atoms. The van der Waals surface area contributed by atoms with Crippen molar-refractivity contribution in [2.75, 3.05) is 6.61 Å². The summed E-state index contributed by atoms with van der Waals surface area (Å²) in [5.74, 6) is 0.571. The molecule has 1 aromatic carbocycles. The Balaban J connectivity index is 1.90. The first kappa shape index (κ1) is 16.4. The fourth-order valence-corrected chi connectivity index (χ4v) is 2.09. The van der Waals surface area contributed by atoms with Gasteiger partial charge in [0.1, 0.15) is 24.0 Å². The molecule has 6 heteroatoms. The number of rotatable bonds is 4. The fourth-order valence-electron chi connectivity index (χ4n) is 1.87. The molecule has 1 aliphatic rings. The molecule has 22 heavy (non-hydrogen) atoms. The predicted octanol–water partition coefficient (Wildman–Crippen LogP) is 3.65. The lowest BCUT2D eigenvalue weighted by Gasteiger charge is -2.23. The minimum Gasteiger partial charge on any atom is -0.491 e. The van der Waals surface area contributed by atoms with Crippen molar-refractivity contribution in [3.05, 3.63) is 28.8 Å². The molecule has 0 saturated heterocycles. The van der Waals surface area contributed by atoms with Crippen LogP contribution in [0.4, 0.5) is 4.79 Å². The van der Waals surface area contributed by atoms with Gasteiger partial charge >= 0.3 is 6.09 Å². The number of halogens is 1. The Labute approximate surface area is 135 Å². The molecule has 1 saturated carbocycles. The number of ether oxygens (including phenoxy) is 2. The van der Waals surface area contributed by atoms with Gasteiger partial charge in [-0.3, -0.25) is 0 Å². The van der Waals surface area contributed by atoms with Crippen LogP contribution >= 0.6 is 11.6 Å². The van der Waals surface area contributed by atoms with Crippen LogP contribution < -0.4 is 10.1 Å². The normalized spacial score (nSPS) is 15.6. The van der Waals surface area contributed by atoms with Crippen molar-refractivity contribution in [3.63, 3.8) is 0 Å². The minimum atomic E-state index is -0.526. The Kier molecular flexibility index (Phi) is 4.52. The van der Waals surface area contributed by atoms with Gasteiger partial charge in [0.15, 0.2) is 0 Å². The third-order valence-corrected chi connectivity index (χ3v) is 3.51. The van der Waals surface area contributed by atoms with Gasteiger partial charge in [0.2, 0.25) is 0 Å². The van der Waals surface area contributed by atoms with Gasteiger partial charge in [-0.05, 0) is 45.7 Å². The summed E-state index contributed by atoms with van der Waals surface area (Å²) in [6.07, 6.45) is 1.25. The maximum Gasteiger partial charge on any atom is 0.408 e. The van der Waals surface area contributed by atoms with Gasteiger partial charge in [-0.1, -0.05) is 11.6 Å². The largest absolute Gasteiger partial charge is 0.491 e. The monoisotopic (exact) mass is 322 g/mol. The Morgan fingerprint density at radius 2 is 2.14 bits per heavy atom. The zero-order valence-electron chi connectivity index (χ0n) is 12.9. The van der Waals surface area contributed by atoms with Crippen molar-refractivity contribution >= 4 is 17.7 Å². The van der Waals surface area contributed by atoms with E-state index < -0.39 is 11.7 Å². The van der Waals surface area contributed by atoms with Crippen molar-refractivity contribution in [3.8, 4) is 11.8 Å². The van der Waals surface area contributed by atoms with Gasteiger partial charge in [0.05, 0.1) is 16.1 Å². The van der Waals surface area contributed by atoms with E-state index in [-0.39, 0.29) is 5.54 Å². The molecule has 2 rings (SSSR count). The number of benzene rings is 1. The number of hydrogen-bond donors (Lipinski definition) is 1. The summed E-state index contributed by atoms with van der Waals surface area (Å²) in [7, 11) is 0. The Hall–Kier alpha value is -1.93. The van der Waals surface area contributed by atoms with Gasteiger partial charge < -0.3 is 14.8 Å². The fraction of sp³-hybridized carbons (Fsp3) is 0.500. The molecule has 0 atom stereocenters. The summed E-state index contributed by atoms with van der Waals surface area (Å²) in [6, 6.07) is 6.89. The van der Waals surface area contributed by atoms with Crippen LogP contribution in [0, 0.1) is 11.3 Å². The standard InChI is InChI=1S/C16H19ClN2O3/c1-15(2,3)22-14(20)19-16(6-7-16)10-21-12-5-4-11(9-18)13(17)8-12/h4-5,8H,6-7,10H2,1-3H3,(H,19,20). The number of carbonyl (C=O) groups is 1. The van der Waals surface area contributed by atoms with Crippen molar-refractivity contribution in [2.24, 2.45) is 0 Å². The lowest BCUT2D eigenvalue weighted by atomic mass is 10.2. The first-order valence-corrected chi connectivity index (χ1v) is 7.44. The Morgan fingerprint density at radius 1 is 1.45 bits per heavy atom. The van der Waals surface area contributed by atoms with Crippen LogP contribution in [0.15, 0.2) is 18.2 Å². The van der Waals surface area contributed by atoms with Crippen molar-refractivity contribution in [1.29, 1.82) is 5.26 Å². The minimum absolute atomic E-state index is 0.342. The van der Waals surface area contributed by atoms with E-state index in [0.717, 1.165) is 12.8 Å². The molecule has 0 radical (unpaired) electrons. The summed E-state index contributed by atoms with van der Waals surface area (Å²) in [6.45, 7) is 5.80. The van der Waals surface area contributed by atoms with Crippen LogP contribution in [0.5, 0.6) is 5.75 Å². The van der Waals surface area contributed by atoms with Crippen LogP contribution in [-0.2, 0) is 4.74 Å². The topological polar surface area (TPSA) is 71.3 Å². The molecule has 1 amide bonds. The highest BCUT2D eigenvalue weighted by Gasteiger charge is 2.46. The molecule has 0 unspecified atom stereocenters. The SMILES string of the molecule is CC(C)(C)OC(=O)NC1(COc2ccc(C#N)c(Cl)c2)CC1. The zero-order chi connectivity index (χ0) is 16.4. The predicted molar refractivity (Wildman–Crippen MR) is 83.0 cm³/mol. The van der Waals surface area contributed by atoms with E-state index in [1.807, 2.05) is 26.8 Å². The molecule has 118 valence electrons. The third kappa shape index (κ3) is 4.54. The Morgan fingerprint density at radius 3 is 2.64 bits per heavy atom. The first-order valence-electron chi connectivity index (χ1n) is 7.07. The molecule has 0 aromatic heterocycles. The van der Waals surface area contributed by atoms with Gasteiger partial charge in [-0.2, -0.15) is 5.26 Å². The van der Waals surface area contributed by atoms with E-state index in [2.05, 4.69) is 5.32 Å². The second-order valence-electron chi connectivity index (χ2n) is 6.45. The maximum absolute atomic E-state index is 11.8. The van der Waals surface area contributed by atoms with E-state index in [1.54, 1.807) is 18.2 Å². The van der Waals surface area contributed by atoms with Gasteiger partial charge in [-0.15, -0.1) is 0 Å². The van der Waals surface area contributed by atoms with Gasteiger partial charge in [0, 0.05) is 6.07 Å². The van der Waals surface area contributed by atoms with Crippen LogP contribution in [0.25, 0.3) is 0 Å². The van der Waals surface area contributed by atoms with Gasteiger partial charge in [0.25, 0.3) is 0 Å². The lowest BCUT2D eigenvalue weighted by molar-refractivity contribution is 0.0477. The molecule has 1 aliphatic carbocycles. The molecular weight excluding hydrogens is 304 g/mol. The molecule has 1 aromatic rings. The van der Waals surface area contributed by atoms with E-state index in [9.17, 15) is 4.79 Å². The second-order valence-corrected chi connectivity index (χ2v) is 6.86. The molecule has 1 fully saturated rings. The van der Waals surface area contributed by atoms with Crippen LogP contribution in [0.3, 0.4) is 0 Å². The number of nitrogens with one attached hydrogen (secondary N) is 1. The number of nitrogens with zero attached hydrogens (tertiary/aromatic N) is 1.